The first-order chi connectivity index (χ1) is 12.3. The number of hydrogen-bond donors (Lipinski definition) is 1. The first-order valence-electron chi connectivity index (χ1n) is 9.79. The third-order valence-electron chi connectivity index (χ3n) is 5.72. The van der Waals surface area contributed by atoms with Crippen LogP contribution in [-0.4, -0.2) is 35.5 Å². The zero-order chi connectivity index (χ0) is 17.1. The molecule has 4 heteroatoms. The van der Waals surface area contributed by atoms with Crippen LogP contribution in [0.15, 0.2) is 41.2 Å². The summed E-state index contributed by atoms with van der Waals surface area (Å²) in [6.07, 6.45) is 13.7. The van der Waals surface area contributed by atoms with Gasteiger partial charge >= 0.3 is 0 Å². The molecule has 0 amide bonds. The summed E-state index contributed by atoms with van der Waals surface area (Å²) in [6, 6.07) is 8.91. The van der Waals surface area contributed by atoms with Gasteiger partial charge in [0.25, 0.3) is 0 Å². The molecule has 0 unspecified atom stereocenters. The Morgan fingerprint density at radius 3 is 2.48 bits per heavy atom. The van der Waals surface area contributed by atoms with Crippen LogP contribution in [0.2, 0.25) is 0 Å². The quantitative estimate of drug-likeness (QED) is 0.854. The fourth-order valence-corrected chi connectivity index (χ4v) is 4.06. The van der Waals surface area contributed by atoms with E-state index in [1.54, 1.807) is 0 Å². The molecule has 4 rings (SSSR count). The van der Waals surface area contributed by atoms with E-state index >= 15 is 0 Å². The van der Waals surface area contributed by atoms with Gasteiger partial charge in [-0.3, -0.25) is 4.99 Å². The molecule has 0 radical (unpaired) electrons. The summed E-state index contributed by atoms with van der Waals surface area (Å²) in [7, 11) is 0. The number of aliphatic hydroxyl groups is 1. The van der Waals surface area contributed by atoms with Crippen LogP contribution in [0, 0.1) is 5.92 Å². The van der Waals surface area contributed by atoms with Crippen molar-refractivity contribution in [1.29, 1.82) is 0 Å². The van der Waals surface area contributed by atoms with Crippen molar-refractivity contribution in [2.24, 2.45) is 10.9 Å². The molecule has 2 fully saturated rings. The van der Waals surface area contributed by atoms with Gasteiger partial charge in [0.1, 0.15) is 12.5 Å². The molecule has 0 saturated heterocycles. The molecule has 1 aliphatic heterocycles. The standard InChI is InChI=1S/C21H29N3O/c25-15-18-8-10-20(11-9-18)24-16-22-13-12-21(24)23(14-17-6-7-17)19-4-2-1-3-5-19/h8-13,17,19,25H,1-7,14-16H2. The van der Waals surface area contributed by atoms with Gasteiger partial charge in [-0.2, -0.15) is 0 Å². The molecule has 1 aromatic carbocycles. The number of anilines is 1. The Hall–Kier alpha value is -1.81. The van der Waals surface area contributed by atoms with Crippen molar-refractivity contribution < 1.29 is 5.11 Å². The fourth-order valence-electron chi connectivity index (χ4n) is 4.06. The van der Waals surface area contributed by atoms with Crippen LogP contribution in [0.5, 0.6) is 0 Å². The van der Waals surface area contributed by atoms with Crippen molar-refractivity contribution in [3.8, 4) is 0 Å². The highest BCUT2D eigenvalue weighted by atomic mass is 16.3. The second-order valence-corrected chi connectivity index (χ2v) is 7.64. The highest BCUT2D eigenvalue weighted by Crippen LogP contribution is 2.36. The van der Waals surface area contributed by atoms with Gasteiger partial charge in [0.2, 0.25) is 0 Å². The maximum absolute atomic E-state index is 9.30. The summed E-state index contributed by atoms with van der Waals surface area (Å²) in [5.74, 6) is 2.19. The van der Waals surface area contributed by atoms with Crippen LogP contribution in [0.1, 0.15) is 50.5 Å². The van der Waals surface area contributed by atoms with Crippen LogP contribution in [0.4, 0.5) is 5.69 Å². The Balaban J connectivity index is 1.59. The van der Waals surface area contributed by atoms with Gasteiger partial charge in [0.15, 0.2) is 0 Å². The SMILES string of the molecule is OCc1ccc(N2CN=CC=C2N(CC2CC2)C2CCCCC2)cc1. The van der Waals surface area contributed by atoms with Crippen molar-refractivity contribution in [3.63, 3.8) is 0 Å². The zero-order valence-electron chi connectivity index (χ0n) is 15.0. The molecule has 0 aromatic heterocycles. The number of aliphatic hydroxyl groups excluding tert-OH is 1. The van der Waals surface area contributed by atoms with E-state index in [9.17, 15) is 5.11 Å². The molecule has 2 saturated carbocycles. The van der Waals surface area contributed by atoms with Crippen LogP contribution >= 0.6 is 0 Å². The van der Waals surface area contributed by atoms with E-state index in [1.807, 2.05) is 18.3 Å². The molecule has 1 heterocycles. The van der Waals surface area contributed by atoms with E-state index in [4.69, 9.17) is 0 Å². The van der Waals surface area contributed by atoms with Gasteiger partial charge in [0, 0.05) is 24.5 Å². The molecule has 3 aliphatic rings. The summed E-state index contributed by atoms with van der Waals surface area (Å²) < 4.78 is 0. The third-order valence-corrected chi connectivity index (χ3v) is 5.72. The lowest BCUT2D eigenvalue weighted by atomic mass is 9.93. The van der Waals surface area contributed by atoms with E-state index in [0.717, 1.165) is 17.2 Å². The van der Waals surface area contributed by atoms with Gasteiger partial charge < -0.3 is 14.9 Å². The number of rotatable bonds is 6. The van der Waals surface area contributed by atoms with Crippen LogP contribution < -0.4 is 4.90 Å². The first kappa shape index (κ1) is 16.6. The van der Waals surface area contributed by atoms with Crippen LogP contribution in [-0.2, 0) is 6.61 Å². The topological polar surface area (TPSA) is 39.1 Å². The van der Waals surface area contributed by atoms with Crippen molar-refractivity contribution in [3.05, 3.63) is 41.7 Å². The molecule has 1 aromatic rings. The van der Waals surface area contributed by atoms with Crippen LogP contribution in [0.25, 0.3) is 0 Å². The molecular formula is C21H29N3O. The lowest BCUT2D eigenvalue weighted by molar-refractivity contribution is 0.188. The van der Waals surface area contributed by atoms with Gasteiger partial charge in [-0.05, 0) is 55.4 Å². The Bertz CT molecular complexity index is 627. The largest absolute Gasteiger partial charge is 0.392 e. The minimum atomic E-state index is 0.0943. The molecule has 134 valence electrons. The van der Waals surface area contributed by atoms with Crippen molar-refractivity contribution >= 4 is 11.9 Å². The highest BCUT2D eigenvalue weighted by Gasteiger charge is 2.32. The van der Waals surface area contributed by atoms with Gasteiger partial charge in [-0.25, -0.2) is 0 Å². The summed E-state index contributed by atoms with van der Waals surface area (Å²) >= 11 is 0. The number of hydrogen-bond acceptors (Lipinski definition) is 4. The predicted octanol–water partition coefficient (Wildman–Crippen LogP) is 3.91. The summed E-state index contributed by atoms with van der Waals surface area (Å²) in [5.41, 5.74) is 2.12. The normalized spacial score (nSPS) is 21.3. The molecule has 2 aliphatic carbocycles. The Morgan fingerprint density at radius 1 is 1.04 bits per heavy atom. The van der Waals surface area contributed by atoms with E-state index in [1.165, 1.54) is 57.3 Å². The molecule has 1 N–H and O–H groups in total. The highest BCUT2D eigenvalue weighted by molar-refractivity contribution is 5.76. The van der Waals surface area contributed by atoms with Crippen molar-refractivity contribution in [2.75, 3.05) is 18.1 Å². The minimum Gasteiger partial charge on any atom is -0.392 e. The lowest BCUT2D eigenvalue weighted by Crippen LogP contribution is -2.45. The van der Waals surface area contributed by atoms with Crippen LogP contribution in [0.3, 0.4) is 0 Å². The fraction of sp³-hybridized carbons (Fsp3) is 0.571. The molecule has 0 atom stereocenters. The van der Waals surface area contributed by atoms with E-state index < -0.39 is 0 Å². The molecule has 4 nitrogen and oxygen atoms in total. The smallest absolute Gasteiger partial charge is 0.116 e. The van der Waals surface area contributed by atoms with Crippen molar-refractivity contribution in [2.45, 2.75) is 57.6 Å². The Labute approximate surface area is 150 Å². The monoisotopic (exact) mass is 339 g/mol. The average molecular weight is 339 g/mol. The van der Waals surface area contributed by atoms with E-state index in [0.29, 0.717) is 12.7 Å². The lowest BCUT2D eigenvalue weighted by Gasteiger charge is -2.42. The Kier molecular flexibility index (Phi) is 5.07. The second kappa shape index (κ2) is 7.61. The second-order valence-electron chi connectivity index (χ2n) is 7.64. The zero-order valence-corrected chi connectivity index (χ0v) is 15.0. The maximum atomic E-state index is 9.30. The minimum absolute atomic E-state index is 0.0943. The van der Waals surface area contributed by atoms with E-state index in [-0.39, 0.29) is 6.61 Å². The van der Waals surface area contributed by atoms with Crippen molar-refractivity contribution in [1.82, 2.24) is 4.90 Å². The van der Waals surface area contributed by atoms with E-state index in [2.05, 4.69) is 33.0 Å². The number of benzene rings is 1. The van der Waals surface area contributed by atoms with Gasteiger partial charge in [0.05, 0.1) is 6.61 Å². The summed E-state index contributed by atoms with van der Waals surface area (Å²) in [6.45, 7) is 1.96. The average Bonchev–Trinajstić information content (AvgIpc) is 3.51. The maximum Gasteiger partial charge on any atom is 0.116 e. The predicted molar refractivity (Wildman–Crippen MR) is 103 cm³/mol. The molecule has 25 heavy (non-hydrogen) atoms. The number of nitrogens with zero attached hydrogens (tertiary/aromatic N) is 3. The third kappa shape index (κ3) is 3.90. The Morgan fingerprint density at radius 2 is 1.80 bits per heavy atom. The molecule has 0 bridgehead atoms. The summed E-state index contributed by atoms with van der Waals surface area (Å²) in [4.78, 5) is 9.51. The summed E-state index contributed by atoms with van der Waals surface area (Å²) in [5, 5.41) is 9.30. The van der Waals surface area contributed by atoms with Gasteiger partial charge in [-0.15, -0.1) is 0 Å². The van der Waals surface area contributed by atoms with Gasteiger partial charge in [-0.1, -0.05) is 31.4 Å². The number of aliphatic imine (C=N–C) groups is 1. The number of allylic oxidation sites excluding steroid dienone is 1. The first-order valence-corrected chi connectivity index (χ1v) is 9.79. The molecular weight excluding hydrogens is 310 g/mol. The molecule has 0 spiro atoms.